The van der Waals surface area contributed by atoms with Gasteiger partial charge in [-0.05, 0) is 93.0 Å². The zero-order valence-electron chi connectivity index (χ0n) is 38.6. The predicted molar refractivity (Wildman–Crippen MR) is 228 cm³/mol. The molecular weight excluding hydrogens is 941 g/mol. The van der Waals surface area contributed by atoms with E-state index in [0.29, 0.717) is 44.9 Å². The Labute approximate surface area is 385 Å². The van der Waals surface area contributed by atoms with Crippen LogP contribution in [-0.2, 0) is 34.4 Å². The zero-order valence-corrected chi connectivity index (χ0v) is 40.1. The van der Waals surface area contributed by atoms with Crippen LogP contribution in [0.15, 0.2) is 30.3 Å². The Morgan fingerprint density at radius 3 is 1.42 bits per heavy atom. The molecule has 66 heavy (non-hydrogen) atoms. The minimum absolute atomic E-state index is 0.0810. The molecule has 0 spiro atoms. The van der Waals surface area contributed by atoms with Gasteiger partial charge in [0.2, 0.25) is 17.6 Å². The largest absolute Gasteiger partial charge is 0.492 e. The predicted octanol–water partition coefficient (Wildman–Crippen LogP) is 11.2. The summed E-state index contributed by atoms with van der Waals surface area (Å²) in [4.78, 5) is 4.78. The number of hydrogen-bond donors (Lipinski definition) is 0. The molecule has 368 valence electrons. The minimum Gasteiger partial charge on any atom is -0.492 e. The van der Waals surface area contributed by atoms with Gasteiger partial charge in [0.05, 0.1) is 34.4 Å². The lowest BCUT2D eigenvalue weighted by molar-refractivity contribution is -0.154. The van der Waals surface area contributed by atoms with Crippen molar-refractivity contribution in [2.45, 2.75) is 88.2 Å². The summed E-state index contributed by atoms with van der Waals surface area (Å²) in [7, 11) is 6.15. The van der Waals surface area contributed by atoms with E-state index < -0.39 is 43.0 Å². The van der Waals surface area contributed by atoms with Crippen molar-refractivity contribution in [2.24, 2.45) is 28.2 Å². The highest BCUT2D eigenvalue weighted by Gasteiger charge is 2.36. The van der Waals surface area contributed by atoms with Gasteiger partial charge in [-0.25, -0.2) is 27.8 Å². The Hall–Kier alpha value is -5.58. The molecule has 6 rings (SSSR count). The number of aromatic nitrogens is 10. The average molecular weight is 994 g/mol. The molecule has 0 bridgehead atoms. The summed E-state index contributed by atoms with van der Waals surface area (Å²) in [6.45, 7) is 13.9. The molecule has 0 saturated heterocycles. The van der Waals surface area contributed by atoms with Crippen LogP contribution in [0.5, 0.6) is 17.5 Å². The first-order valence-electron chi connectivity index (χ1n) is 19.2. The molecule has 13 nitrogen and oxygen atoms in total. The third kappa shape index (κ3) is 19.5. The molecule has 0 aliphatic rings. The fraction of sp³-hybridized carbons (Fsp3) is 0.463. The van der Waals surface area contributed by atoms with Crippen LogP contribution in [0.4, 0.5) is 43.9 Å². The molecule has 0 fully saturated rings. The van der Waals surface area contributed by atoms with Crippen molar-refractivity contribution in [1.82, 2.24) is 49.3 Å². The van der Waals surface area contributed by atoms with Crippen LogP contribution in [0, 0.1) is 73.9 Å². The number of nitrogens with zero attached hydrogens (tertiary/aromatic N) is 10. The van der Waals surface area contributed by atoms with Gasteiger partial charge in [0, 0.05) is 56.0 Å². The first-order valence-corrected chi connectivity index (χ1v) is 20.0. The number of alkyl halides is 8. The summed E-state index contributed by atoms with van der Waals surface area (Å²) >= 11 is 11.8. The van der Waals surface area contributed by atoms with Gasteiger partial charge in [-0.1, -0.05) is 29.3 Å². The first kappa shape index (κ1) is 58.4. The van der Waals surface area contributed by atoms with Gasteiger partial charge in [0.15, 0.2) is 6.61 Å². The maximum atomic E-state index is 12.3. The molecule has 2 aromatic carbocycles. The van der Waals surface area contributed by atoms with Crippen LogP contribution in [0.25, 0.3) is 0 Å². The Morgan fingerprint density at radius 2 is 1.11 bits per heavy atom. The second-order valence-corrected chi connectivity index (χ2v) is 14.7. The average Bonchev–Trinajstić information content (AvgIpc) is 3.86. The molecule has 0 aliphatic carbocycles. The summed E-state index contributed by atoms with van der Waals surface area (Å²) in [6.07, 6.45) is -8.72. The van der Waals surface area contributed by atoms with Crippen LogP contribution < -0.4 is 14.2 Å². The van der Waals surface area contributed by atoms with Gasteiger partial charge in [-0.2, -0.15) is 65.4 Å². The van der Waals surface area contributed by atoms with E-state index in [0.717, 1.165) is 21.6 Å². The van der Waals surface area contributed by atoms with E-state index in [1.165, 1.54) is 48.5 Å². The van der Waals surface area contributed by atoms with E-state index in [1.54, 1.807) is 58.7 Å². The maximum absolute atomic E-state index is 12.3. The molecular formula is C41H52Cl2F10N10O3. The molecule has 0 aliphatic heterocycles. The summed E-state index contributed by atoms with van der Waals surface area (Å²) in [5.41, 5.74) is 5.72. The van der Waals surface area contributed by atoms with Crippen LogP contribution >= 0.6 is 23.2 Å². The summed E-state index contributed by atoms with van der Waals surface area (Å²) in [5, 5.41) is 20.6. The zero-order chi connectivity index (χ0) is 51.0. The highest BCUT2D eigenvalue weighted by Crippen LogP contribution is 2.31. The van der Waals surface area contributed by atoms with Crippen LogP contribution in [-0.4, -0.2) is 75.3 Å². The monoisotopic (exact) mass is 992 g/mol. The number of ether oxygens (including phenoxy) is 3. The second-order valence-electron chi connectivity index (χ2n) is 13.8. The molecule has 0 N–H and O–H groups in total. The Kier molecular flexibility index (Phi) is 23.0. The summed E-state index contributed by atoms with van der Waals surface area (Å²) < 4.78 is 137. The Morgan fingerprint density at radius 1 is 0.621 bits per heavy atom. The fourth-order valence-corrected chi connectivity index (χ4v) is 5.35. The molecule has 0 atom stereocenters. The van der Waals surface area contributed by atoms with Crippen molar-refractivity contribution in [3.8, 4) is 17.5 Å². The number of halogens is 12. The third-order valence-corrected chi connectivity index (χ3v) is 9.14. The molecule has 0 radical (unpaired) electrons. The number of benzene rings is 2. The van der Waals surface area contributed by atoms with E-state index in [2.05, 4.69) is 40.0 Å². The topological polar surface area (TPSA) is 125 Å². The lowest BCUT2D eigenvalue weighted by atomic mass is 10.2. The minimum atomic E-state index is -4.41. The van der Waals surface area contributed by atoms with Crippen molar-refractivity contribution in [2.75, 3.05) is 13.2 Å². The standard InChI is InChI=1S/C9H10Cl2O.C8H11F3N2O.C7H10F2N2O.C7H6F2.C5H6F3N3.C5H9N3/c1-3-12-9-5-7(10)6(2)4-8(9)11;1-5-6(2)12-13(3)7(5)14-4-8(9,10)11;1-4-5(2)10-11(3)6(4)12-7(8)9;1-5-6(8)3-2-4-7(5)9;1-3-9-4(5(6,7)8)11(2)10-3;1-4-5(2)7-8(3)6-4/h4-5H,3H2,1-2H3;4H2,1-3H3;7H,1-3H3;2-4H,1H3;1-2H3;1-3H3. The van der Waals surface area contributed by atoms with E-state index in [-0.39, 0.29) is 23.1 Å². The molecule has 0 saturated carbocycles. The van der Waals surface area contributed by atoms with Crippen molar-refractivity contribution < 1.29 is 58.1 Å². The van der Waals surface area contributed by atoms with Gasteiger partial charge in [0.25, 0.3) is 0 Å². The molecule has 25 heteroatoms. The maximum Gasteiger partial charge on any atom is 0.451 e. The van der Waals surface area contributed by atoms with Crippen molar-refractivity contribution in [1.29, 1.82) is 0 Å². The summed E-state index contributed by atoms with van der Waals surface area (Å²) in [6, 6.07) is 7.35. The van der Waals surface area contributed by atoms with E-state index in [1.807, 2.05) is 34.7 Å². The smallest absolute Gasteiger partial charge is 0.451 e. The quantitative estimate of drug-likeness (QED) is 0.150. The number of hydrogen-bond acceptors (Lipinski definition) is 9. The fourth-order valence-electron chi connectivity index (χ4n) is 4.92. The van der Waals surface area contributed by atoms with E-state index in [9.17, 15) is 43.9 Å². The van der Waals surface area contributed by atoms with Crippen molar-refractivity contribution >= 4 is 23.2 Å². The Bertz CT molecular complexity index is 2410. The Balaban J connectivity index is 0.000000399. The van der Waals surface area contributed by atoms with Crippen LogP contribution in [0.1, 0.15) is 63.6 Å². The van der Waals surface area contributed by atoms with E-state index >= 15 is 0 Å². The highest BCUT2D eigenvalue weighted by molar-refractivity contribution is 6.34. The molecule has 4 aromatic heterocycles. The van der Waals surface area contributed by atoms with Gasteiger partial charge in [-0.3, -0.25) is 0 Å². The van der Waals surface area contributed by atoms with Gasteiger partial charge in [-0.15, -0.1) is 0 Å². The van der Waals surface area contributed by atoms with Crippen molar-refractivity contribution in [3.63, 3.8) is 0 Å². The normalized spacial score (nSPS) is 10.8. The SMILES string of the molecule is CCOc1cc(Cl)c(C)cc1Cl.Cc1c(F)cccc1F.Cc1nc(C(F)(F)F)n(C)n1.Cc1nn(C)c(OC(F)F)c1C.Cc1nn(C)c(OCC(F)(F)F)c1C.Cc1nn(C)nc1C. The lowest BCUT2D eigenvalue weighted by Crippen LogP contribution is -2.20. The number of aryl methyl sites for hydroxylation is 10. The van der Waals surface area contributed by atoms with Gasteiger partial charge >= 0.3 is 19.0 Å². The van der Waals surface area contributed by atoms with Crippen LogP contribution in [0.3, 0.4) is 0 Å². The molecule has 4 heterocycles. The second kappa shape index (κ2) is 25.9. The highest BCUT2D eigenvalue weighted by atomic mass is 35.5. The summed E-state index contributed by atoms with van der Waals surface area (Å²) in [5.74, 6) is -0.878. The lowest BCUT2D eigenvalue weighted by Gasteiger charge is -2.09. The van der Waals surface area contributed by atoms with Crippen LogP contribution in [0.2, 0.25) is 10.0 Å². The van der Waals surface area contributed by atoms with Gasteiger partial charge < -0.3 is 14.2 Å². The van der Waals surface area contributed by atoms with E-state index in [4.69, 9.17) is 27.9 Å². The first-order chi connectivity index (χ1) is 30.3. The molecule has 0 amide bonds. The number of rotatable bonds is 6. The third-order valence-electron chi connectivity index (χ3n) is 8.44. The molecule has 6 aromatic rings. The van der Waals surface area contributed by atoms with Crippen molar-refractivity contribution in [3.05, 3.63) is 109 Å². The molecule has 0 unspecified atom stereocenters. The van der Waals surface area contributed by atoms with Gasteiger partial charge in [0.1, 0.15) is 23.2 Å².